The second-order valence-electron chi connectivity index (χ2n) is 4.59. The van der Waals surface area contributed by atoms with Crippen LogP contribution in [0.15, 0.2) is 29.2 Å². The summed E-state index contributed by atoms with van der Waals surface area (Å²) in [5, 5.41) is 27.6. The number of ether oxygens (including phenoxy) is 1. The van der Waals surface area contributed by atoms with E-state index in [1.165, 1.54) is 24.3 Å². The second kappa shape index (κ2) is 6.08. The number of aliphatic hydroxyl groups is 2. The van der Waals surface area contributed by atoms with E-state index in [9.17, 15) is 18.3 Å². The Kier molecular flexibility index (Phi) is 4.59. The van der Waals surface area contributed by atoms with Gasteiger partial charge in [0.15, 0.2) is 12.0 Å². The van der Waals surface area contributed by atoms with E-state index in [1.54, 1.807) is 0 Å². The number of aromatic hydroxyl groups is 1. The van der Waals surface area contributed by atoms with Crippen LogP contribution in [0.1, 0.15) is 6.42 Å². The van der Waals surface area contributed by atoms with Gasteiger partial charge in [0.25, 0.3) is 0 Å². The maximum Gasteiger partial charge on any atom is 0.243 e. The van der Waals surface area contributed by atoms with E-state index in [0.29, 0.717) is 0 Å². The summed E-state index contributed by atoms with van der Waals surface area (Å²) in [5.74, 6) is -0.725. The minimum absolute atomic E-state index is 0.0950. The molecule has 2 rings (SSSR count). The zero-order valence-corrected chi connectivity index (χ0v) is 11.7. The molecule has 0 aliphatic carbocycles. The summed E-state index contributed by atoms with van der Waals surface area (Å²) in [6, 6.07) is 4.73. The first-order valence-corrected chi connectivity index (χ1v) is 7.60. The number of sulfonamides is 1. The third-order valence-corrected chi connectivity index (χ3v) is 4.45. The Hall–Kier alpha value is -1.52. The van der Waals surface area contributed by atoms with E-state index in [-0.39, 0.29) is 17.1 Å². The van der Waals surface area contributed by atoms with Crippen LogP contribution >= 0.6 is 0 Å². The number of carbonyl (C=O) groups excluding carboxylic acids is 1. The van der Waals surface area contributed by atoms with E-state index in [4.69, 9.17) is 14.9 Å². The zero-order valence-electron chi connectivity index (χ0n) is 10.8. The molecule has 1 aliphatic rings. The lowest BCUT2D eigenvalue weighted by atomic mass is 10.0. The molecular formula is C12H15NO7S. The molecule has 1 heterocycles. The number of phenolic OH excluding ortho intramolecular Hbond substituents is 1. The standard InChI is InChI=1S/C12H15NO7S/c14-6-11-9(16)5-10(17)12(20-11)13-21(18,19)8-3-1-7(15)2-4-8/h1-4,9,11-16H,5-6H2/t9-,11+,12?/m0/s1. The van der Waals surface area contributed by atoms with Gasteiger partial charge in [0.1, 0.15) is 11.9 Å². The first-order chi connectivity index (χ1) is 9.83. The molecule has 0 spiro atoms. The smallest absolute Gasteiger partial charge is 0.243 e. The van der Waals surface area contributed by atoms with Gasteiger partial charge in [-0.25, -0.2) is 8.42 Å². The average molecular weight is 317 g/mol. The predicted molar refractivity (Wildman–Crippen MR) is 69.8 cm³/mol. The molecular weight excluding hydrogens is 302 g/mol. The van der Waals surface area contributed by atoms with Gasteiger partial charge in [-0.15, -0.1) is 0 Å². The molecule has 1 aromatic rings. The lowest BCUT2D eigenvalue weighted by Crippen LogP contribution is -2.53. The number of rotatable bonds is 4. The molecule has 1 saturated heterocycles. The number of hydrogen-bond acceptors (Lipinski definition) is 7. The first kappa shape index (κ1) is 15.9. The van der Waals surface area contributed by atoms with Crippen LogP contribution in [0.5, 0.6) is 5.75 Å². The van der Waals surface area contributed by atoms with Crippen molar-refractivity contribution >= 4 is 15.8 Å². The van der Waals surface area contributed by atoms with Crippen molar-refractivity contribution in [3.05, 3.63) is 24.3 Å². The molecule has 4 N–H and O–H groups in total. The Balaban J connectivity index is 2.16. The number of ketones is 1. The molecule has 0 saturated carbocycles. The number of nitrogens with one attached hydrogen (secondary N) is 1. The van der Waals surface area contributed by atoms with Crippen LogP contribution in [0.3, 0.4) is 0 Å². The van der Waals surface area contributed by atoms with Crippen LogP contribution in [0.25, 0.3) is 0 Å². The van der Waals surface area contributed by atoms with Crippen molar-refractivity contribution in [2.75, 3.05) is 6.61 Å². The Morgan fingerprint density at radius 1 is 1.29 bits per heavy atom. The normalized spacial score (nSPS) is 26.8. The van der Waals surface area contributed by atoms with Crippen molar-refractivity contribution in [1.29, 1.82) is 0 Å². The van der Waals surface area contributed by atoms with Crippen LogP contribution < -0.4 is 4.72 Å². The maximum atomic E-state index is 12.1. The molecule has 0 amide bonds. The lowest BCUT2D eigenvalue weighted by molar-refractivity contribution is -0.164. The quantitative estimate of drug-likeness (QED) is 0.543. The topological polar surface area (TPSA) is 133 Å². The Morgan fingerprint density at radius 2 is 1.90 bits per heavy atom. The van der Waals surface area contributed by atoms with Gasteiger partial charge in [-0.3, -0.25) is 4.79 Å². The van der Waals surface area contributed by atoms with Crippen LogP contribution in [0.4, 0.5) is 0 Å². The van der Waals surface area contributed by atoms with Gasteiger partial charge in [-0.2, -0.15) is 4.72 Å². The van der Waals surface area contributed by atoms with Crippen LogP contribution in [0.2, 0.25) is 0 Å². The molecule has 1 fully saturated rings. The summed E-state index contributed by atoms with van der Waals surface area (Å²) in [5.41, 5.74) is 0. The monoisotopic (exact) mass is 317 g/mol. The summed E-state index contributed by atoms with van der Waals surface area (Å²) in [6.07, 6.45) is -3.98. The summed E-state index contributed by atoms with van der Waals surface area (Å²) < 4.78 is 31.3. The van der Waals surface area contributed by atoms with E-state index >= 15 is 0 Å². The van der Waals surface area contributed by atoms with Crippen LogP contribution in [-0.2, 0) is 19.6 Å². The third kappa shape index (κ3) is 3.57. The fraction of sp³-hybridized carbons (Fsp3) is 0.417. The minimum atomic E-state index is -4.03. The van der Waals surface area contributed by atoms with Crippen molar-refractivity contribution in [1.82, 2.24) is 4.72 Å². The van der Waals surface area contributed by atoms with Crippen molar-refractivity contribution in [2.24, 2.45) is 0 Å². The van der Waals surface area contributed by atoms with Gasteiger partial charge in [-0.05, 0) is 24.3 Å². The fourth-order valence-electron chi connectivity index (χ4n) is 1.88. The molecule has 0 aromatic heterocycles. The molecule has 116 valence electrons. The number of hydrogen-bond donors (Lipinski definition) is 4. The number of aliphatic hydroxyl groups excluding tert-OH is 2. The van der Waals surface area contributed by atoms with E-state index in [1.807, 2.05) is 0 Å². The highest BCUT2D eigenvalue weighted by Crippen LogP contribution is 2.19. The van der Waals surface area contributed by atoms with Crippen molar-refractivity contribution in [2.45, 2.75) is 29.8 Å². The van der Waals surface area contributed by atoms with Gasteiger partial charge < -0.3 is 20.1 Å². The highest BCUT2D eigenvalue weighted by atomic mass is 32.2. The number of phenols is 1. The minimum Gasteiger partial charge on any atom is -0.508 e. The summed E-state index contributed by atoms with van der Waals surface area (Å²) in [6.45, 7) is -0.536. The lowest BCUT2D eigenvalue weighted by Gasteiger charge is -2.31. The van der Waals surface area contributed by atoms with Gasteiger partial charge >= 0.3 is 0 Å². The first-order valence-electron chi connectivity index (χ1n) is 6.12. The van der Waals surface area contributed by atoms with Gasteiger partial charge in [-0.1, -0.05) is 0 Å². The zero-order chi connectivity index (χ0) is 15.6. The fourth-order valence-corrected chi connectivity index (χ4v) is 2.98. The maximum absolute atomic E-state index is 12.1. The van der Waals surface area contributed by atoms with E-state index in [0.717, 1.165) is 0 Å². The molecule has 21 heavy (non-hydrogen) atoms. The molecule has 1 unspecified atom stereocenters. The second-order valence-corrected chi connectivity index (χ2v) is 6.30. The predicted octanol–water partition coefficient (Wildman–Crippen LogP) is -1.29. The van der Waals surface area contributed by atoms with Gasteiger partial charge in [0.2, 0.25) is 10.0 Å². The number of carbonyl (C=O) groups is 1. The van der Waals surface area contributed by atoms with E-state index < -0.39 is 40.8 Å². The largest absolute Gasteiger partial charge is 0.508 e. The molecule has 3 atom stereocenters. The van der Waals surface area contributed by atoms with Crippen molar-refractivity contribution < 1.29 is 33.3 Å². The summed E-state index contributed by atoms with van der Waals surface area (Å²) >= 11 is 0. The summed E-state index contributed by atoms with van der Waals surface area (Å²) in [7, 11) is -4.03. The van der Waals surface area contributed by atoms with E-state index in [2.05, 4.69) is 4.72 Å². The van der Waals surface area contributed by atoms with Crippen LogP contribution in [-0.4, -0.2) is 54.6 Å². The van der Waals surface area contributed by atoms with Gasteiger partial charge in [0.05, 0.1) is 17.6 Å². The Morgan fingerprint density at radius 3 is 2.48 bits per heavy atom. The third-order valence-electron chi connectivity index (χ3n) is 3.03. The number of Topliss-reactive ketones (excluding diaryl/α,β-unsaturated/α-hetero) is 1. The highest BCUT2D eigenvalue weighted by molar-refractivity contribution is 7.89. The van der Waals surface area contributed by atoms with Gasteiger partial charge in [0, 0.05) is 6.42 Å². The SMILES string of the molecule is O=C1C[C@H](O)[C@@H](CO)OC1NS(=O)(=O)c1ccc(O)cc1. The summed E-state index contributed by atoms with van der Waals surface area (Å²) in [4.78, 5) is 11.5. The molecule has 1 aliphatic heterocycles. The van der Waals surface area contributed by atoms with Crippen molar-refractivity contribution in [3.8, 4) is 5.75 Å². The molecule has 9 heteroatoms. The van der Waals surface area contributed by atoms with Crippen molar-refractivity contribution in [3.63, 3.8) is 0 Å². The molecule has 8 nitrogen and oxygen atoms in total. The average Bonchev–Trinajstić information content (AvgIpc) is 2.42. The molecule has 0 bridgehead atoms. The molecule has 1 aromatic carbocycles. The number of benzene rings is 1. The Labute approximate surface area is 121 Å². The Bertz CT molecular complexity index is 613. The highest BCUT2D eigenvalue weighted by Gasteiger charge is 2.37. The van der Waals surface area contributed by atoms with Crippen LogP contribution in [0, 0.1) is 0 Å². The molecule has 0 radical (unpaired) electrons.